The molecule has 3 atom stereocenters. The van der Waals surface area contributed by atoms with Gasteiger partial charge in [-0.3, -0.25) is 4.79 Å². The minimum atomic E-state index is 0.164. The second-order valence-corrected chi connectivity index (χ2v) is 8.71. The lowest BCUT2D eigenvalue weighted by Crippen LogP contribution is -2.38. The van der Waals surface area contributed by atoms with Gasteiger partial charge in [-0.1, -0.05) is 35.9 Å². The van der Waals surface area contributed by atoms with Crippen LogP contribution in [0.4, 0.5) is 5.82 Å². The van der Waals surface area contributed by atoms with Gasteiger partial charge in [0.25, 0.3) is 0 Å². The van der Waals surface area contributed by atoms with E-state index >= 15 is 0 Å². The first-order valence-corrected chi connectivity index (χ1v) is 10.6. The van der Waals surface area contributed by atoms with Crippen molar-refractivity contribution in [3.63, 3.8) is 0 Å². The van der Waals surface area contributed by atoms with E-state index in [4.69, 9.17) is 16.3 Å². The lowest BCUT2D eigenvalue weighted by atomic mass is 9.98. The summed E-state index contributed by atoms with van der Waals surface area (Å²) in [6.45, 7) is 3.23. The summed E-state index contributed by atoms with van der Waals surface area (Å²) in [7, 11) is 0. The molecule has 2 aromatic rings. The van der Waals surface area contributed by atoms with E-state index in [2.05, 4.69) is 20.4 Å². The highest BCUT2D eigenvalue weighted by Gasteiger charge is 2.43. The van der Waals surface area contributed by atoms with Crippen molar-refractivity contribution in [2.75, 3.05) is 31.6 Å². The molecular formula is C21H25ClN4O2. The fourth-order valence-electron chi connectivity index (χ4n) is 5.17. The standard InChI is InChI=1S/C21H25ClN4O2/c22-19-17-3-1-2-4-18(17)20(25-24-19)23-16-9-14-11-26(12-15(14)10-16)21(27)13-5-7-28-8-6-13/h1-4,13-16H,5-12H2,(H,23,25)/t14-,15+,16?. The predicted molar refractivity (Wildman–Crippen MR) is 108 cm³/mol. The van der Waals surface area contributed by atoms with Crippen LogP contribution in [0.5, 0.6) is 0 Å². The van der Waals surface area contributed by atoms with Gasteiger partial charge in [0.15, 0.2) is 11.0 Å². The van der Waals surface area contributed by atoms with Gasteiger partial charge >= 0.3 is 0 Å². The van der Waals surface area contributed by atoms with E-state index in [-0.39, 0.29) is 5.92 Å². The number of ether oxygens (including phenoxy) is 1. The van der Waals surface area contributed by atoms with Gasteiger partial charge in [-0.05, 0) is 37.5 Å². The highest BCUT2D eigenvalue weighted by atomic mass is 35.5. The average molecular weight is 401 g/mol. The largest absolute Gasteiger partial charge is 0.381 e. The van der Waals surface area contributed by atoms with Gasteiger partial charge in [0.1, 0.15) is 0 Å². The van der Waals surface area contributed by atoms with Crippen molar-refractivity contribution in [2.24, 2.45) is 17.8 Å². The van der Waals surface area contributed by atoms with E-state index in [1.54, 1.807) is 0 Å². The third-order valence-corrected chi connectivity index (χ3v) is 6.90. The Bertz CT molecular complexity index is 872. The average Bonchev–Trinajstić information content (AvgIpc) is 3.29. The summed E-state index contributed by atoms with van der Waals surface area (Å²) in [4.78, 5) is 14.9. The van der Waals surface area contributed by atoms with Crippen LogP contribution in [0.25, 0.3) is 10.8 Å². The number of hydrogen-bond acceptors (Lipinski definition) is 5. The van der Waals surface area contributed by atoms with Crippen LogP contribution in [0.3, 0.4) is 0 Å². The maximum Gasteiger partial charge on any atom is 0.225 e. The van der Waals surface area contributed by atoms with Crippen LogP contribution in [0.15, 0.2) is 24.3 Å². The molecule has 1 saturated carbocycles. The van der Waals surface area contributed by atoms with Crippen molar-refractivity contribution >= 4 is 34.1 Å². The number of rotatable bonds is 3. The smallest absolute Gasteiger partial charge is 0.225 e. The molecule has 1 aromatic carbocycles. The number of amides is 1. The van der Waals surface area contributed by atoms with Crippen molar-refractivity contribution in [2.45, 2.75) is 31.7 Å². The van der Waals surface area contributed by atoms with E-state index in [9.17, 15) is 4.79 Å². The number of nitrogens with one attached hydrogen (secondary N) is 1. The van der Waals surface area contributed by atoms with Crippen LogP contribution in [0, 0.1) is 17.8 Å². The first kappa shape index (κ1) is 18.1. The number of nitrogens with zero attached hydrogens (tertiary/aromatic N) is 3. The highest BCUT2D eigenvalue weighted by Crippen LogP contribution is 2.40. The molecule has 0 spiro atoms. The summed E-state index contributed by atoms with van der Waals surface area (Å²) < 4.78 is 5.40. The summed E-state index contributed by atoms with van der Waals surface area (Å²) in [5.74, 6) is 2.47. The molecule has 28 heavy (non-hydrogen) atoms. The molecule has 6 nitrogen and oxygen atoms in total. The summed E-state index contributed by atoms with van der Waals surface area (Å²) in [5.41, 5.74) is 0. The molecule has 1 unspecified atom stereocenters. The molecule has 0 radical (unpaired) electrons. The van der Waals surface area contributed by atoms with Crippen molar-refractivity contribution in [3.05, 3.63) is 29.4 Å². The summed E-state index contributed by atoms with van der Waals surface area (Å²) >= 11 is 6.19. The highest BCUT2D eigenvalue weighted by molar-refractivity contribution is 6.34. The molecule has 1 N–H and O–H groups in total. The molecule has 3 fully saturated rings. The molecule has 0 bridgehead atoms. The van der Waals surface area contributed by atoms with E-state index in [1.807, 2.05) is 24.3 Å². The second-order valence-electron chi connectivity index (χ2n) is 8.35. The molecule has 3 aliphatic rings. The molecule has 5 rings (SSSR count). The maximum absolute atomic E-state index is 12.8. The minimum absolute atomic E-state index is 0.164. The van der Waals surface area contributed by atoms with Crippen molar-refractivity contribution < 1.29 is 9.53 Å². The zero-order chi connectivity index (χ0) is 19.1. The third-order valence-electron chi connectivity index (χ3n) is 6.62. The van der Waals surface area contributed by atoms with Gasteiger partial charge in [-0.15, -0.1) is 10.2 Å². The molecule has 1 amide bonds. The quantitative estimate of drug-likeness (QED) is 0.855. The summed E-state index contributed by atoms with van der Waals surface area (Å²) in [6.07, 6.45) is 3.88. The van der Waals surface area contributed by atoms with Crippen LogP contribution in [-0.4, -0.2) is 53.3 Å². The van der Waals surface area contributed by atoms with E-state index in [0.29, 0.717) is 28.9 Å². The van der Waals surface area contributed by atoms with Crippen molar-refractivity contribution in [1.29, 1.82) is 0 Å². The normalized spacial score (nSPS) is 27.9. The van der Waals surface area contributed by atoms with Crippen molar-refractivity contribution in [3.8, 4) is 0 Å². The topological polar surface area (TPSA) is 67.3 Å². The monoisotopic (exact) mass is 400 g/mol. The lowest BCUT2D eigenvalue weighted by molar-refractivity contribution is -0.137. The molecule has 2 aliphatic heterocycles. The molecule has 148 valence electrons. The zero-order valence-electron chi connectivity index (χ0n) is 15.8. The van der Waals surface area contributed by atoms with Crippen LogP contribution in [0.1, 0.15) is 25.7 Å². The van der Waals surface area contributed by atoms with E-state index in [0.717, 1.165) is 68.6 Å². The van der Waals surface area contributed by atoms with Crippen LogP contribution in [0.2, 0.25) is 5.15 Å². The number of aromatic nitrogens is 2. The number of anilines is 1. The Morgan fingerprint density at radius 3 is 2.46 bits per heavy atom. The molecule has 1 aromatic heterocycles. The number of likely N-dealkylation sites (tertiary alicyclic amines) is 1. The number of carbonyl (C=O) groups is 1. The Balaban J connectivity index is 1.23. The Labute approximate surface area is 169 Å². The number of fused-ring (bicyclic) bond motifs is 2. The van der Waals surface area contributed by atoms with Gasteiger partial charge in [0, 0.05) is 49.0 Å². The summed E-state index contributed by atoms with van der Waals surface area (Å²) in [6, 6.07) is 8.33. The van der Waals surface area contributed by atoms with Gasteiger partial charge in [-0.25, -0.2) is 0 Å². The number of carbonyl (C=O) groups excluding carboxylic acids is 1. The fraction of sp³-hybridized carbons (Fsp3) is 0.571. The third kappa shape index (κ3) is 3.33. The lowest BCUT2D eigenvalue weighted by Gasteiger charge is -2.27. The fourth-order valence-corrected chi connectivity index (χ4v) is 5.37. The molecule has 1 aliphatic carbocycles. The summed E-state index contributed by atoms with van der Waals surface area (Å²) in [5, 5.41) is 14.4. The maximum atomic E-state index is 12.8. The van der Waals surface area contributed by atoms with Gasteiger partial charge in [0.2, 0.25) is 5.91 Å². The first-order chi connectivity index (χ1) is 13.7. The Morgan fingerprint density at radius 1 is 1.07 bits per heavy atom. The van der Waals surface area contributed by atoms with Crippen LogP contribution >= 0.6 is 11.6 Å². The SMILES string of the molecule is O=C(C1CCOCC1)N1C[C@H]2CC(Nc3nnc(Cl)c4ccccc34)C[C@H]2C1. The van der Waals surface area contributed by atoms with Gasteiger partial charge in [0.05, 0.1) is 0 Å². The number of hydrogen-bond donors (Lipinski definition) is 1. The van der Waals surface area contributed by atoms with Crippen LogP contribution < -0.4 is 5.32 Å². The second kappa shape index (κ2) is 7.48. The predicted octanol–water partition coefficient (Wildman–Crippen LogP) is 3.36. The van der Waals surface area contributed by atoms with E-state index < -0.39 is 0 Å². The zero-order valence-corrected chi connectivity index (χ0v) is 16.6. The number of benzene rings is 1. The minimum Gasteiger partial charge on any atom is -0.381 e. The molecule has 7 heteroatoms. The van der Waals surface area contributed by atoms with Gasteiger partial charge < -0.3 is 15.0 Å². The molecular weight excluding hydrogens is 376 g/mol. The Hall–Kier alpha value is -1.92. The van der Waals surface area contributed by atoms with Crippen LogP contribution in [-0.2, 0) is 9.53 Å². The van der Waals surface area contributed by atoms with Gasteiger partial charge in [-0.2, -0.15) is 0 Å². The molecule has 2 saturated heterocycles. The molecule has 3 heterocycles. The van der Waals surface area contributed by atoms with Crippen molar-refractivity contribution in [1.82, 2.24) is 15.1 Å². The Kier molecular flexibility index (Phi) is 4.85. The van der Waals surface area contributed by atoms with E-state index in [1.165, 1.54) is 0 Å². The number of halogens is 1. The first-order valence-electron chi connectivity index (χ1n) is 10.2. The Morgan fingerprint density at radius 2 is 1.75 bits per heavy atom.